The van der Waals surface area contributed by atoms with Crippen molar-refractivity contribution in [2.45, 2.75) is 64.4 Å². The molecule has 0 aliphatic heterocycles. The SMILES string of the molecule is CCC(CC)Oc1ccc(CNC2CC2)cc1C(F)(F)F. The van der Waals surface area contributed by atoms with Gasteiger partial charge in [-0.15, -0.1) is 0 Å². The molecular formula is C16H22F3NO. The first-order valence-corrected chi connectivity index (χ1v) is 7.54. The van der Waals surface area contributed by atoms with Crippen molar-refractivity contribution in [3.63, 3.8) is 0 Å². The predicted octanol–water partition coefficient (Wildman–Crippen LogP) is 4.52. The molecule has 0 radical (unpaired) electrons. The quantitative estimate of drug-likeness (QED) is 0.799. The highest BCUT2D eigenvalue weighted by Crippen LogP contribution is 2.37. The molecule has 1 fully saturated rings. The van der Waals surface area contributed by atoms with Gasteiger partial charge in [-0.25, -0.2) is 0 Å². The number of alkyl halides is 3. The van der Waals surface area contributed by atoms with Crippen LogP contribution >= 0.6 is 0 Å². The van der Waals surface area contributed by atoms with Crippen LogP contribution in [-0.2, 0) is 12.7 Å². The third-order valence-electron chi connectivity index (χ3n) is 3.73. The Labute approximate surface area is 123 Å². The highest BCUT2D eigenvalue weighted by molar-refractivity contribution is 5.39. The highest BCUT2D eigenvalue weighted by atomic mass is 19.4. The minimum absolute atomic E-state index is 0.0635. The van der Waals surface area contributed by atoms with Crippen molar-refractivity contribution in [3.8, 4) is 5.75 Å². The fourth-order valence-corrected chi connectivity index (χ4v) is 2.20. The van der Waals surface area contributed by atoms with E-state index in [1.165, 1.54) is 12.1 Å². The van der Waals surface area contributed by atoms with Crippen LogP contribution in [0.2, 0.25) is 0 Å². The molecule has 1 N–H and O–H groups in total. The lowest BCUT2D eigenvalue weighted by molar-refractivity contribution is -0.139. The topological polar surface area (TPSA) is 21.3 Å². The molecule has 1 aromatic carbocycles. The van der Waals surface area contributed by atoms with E-state index >= 15 is 0 Å². The van der Waals surface area contributed by atoms with Gasteiger partial charge in [-0.1, -0.05) is 19.9 Å². The molecule has 0 unspecified atom stereocenters. The van der Waals surface area contributed by atoms with E-state index < -0.39 is 11.7 Å². The maximum absolute atomic E-state index is 13.2. The molecule has 118 valence electrons. The normalized spacial score (nSPS) is 15.5. The molecule has 0 atom stereocenters. The summed E-state index contributed by atoms with van der Waals surface area (Å²) in [5.74, 6) is -0.0635. The second-order valence-corrected chi connectivity index (χ2v) is 5.54. The molecule has 0 amide bonds. The Morgan fingerprint density at radius 2 is 1.90 bits per heavy atom. The summed E-state index contributed by atoms with van der Waals surface area (Å²) in [4.78, 5) is 0. The number of hydrogen-bond acceptors (Lipinski definition) is 2. The highest BCUT2D eigenvalue weighted by Gasteiger charge is 2.35. The van der Waals surface area contributed by atoms with Crippen LogP contribution in [0.4, 0.5) is 13.2 Å². The first kappa shape index (κ1) is 16.1. The number of rotatable bonds is 7. The van der Waals surface area contributed by atoms with Gasteiger partial charge in [-0.05, 0) is 43.4 Å². The molecule has 1 aliphatic rings. The predicted molar refractivity (Wildman–Crippen MR) is 76.3 cm³/mol. The molecule has 2 rings (SSSR count). The molecule has 1 aliphatic carbocycles. The number of hydrogen-bond donors (Lipinski definition) is 1. The smallest absolute Gasteiger partial charge is 0.419 e. The van der Waals surface area contributed by atoms with E-state index in [0.29, 0.717) is 31.0 Å². The van der Waals surface area contributed by atoms with Crippen LogP contribution in [0.3, 0.4) is 0 Å². The molecule has 1 saturated carbocycles. The van der Waals surface area contributed by atoms with Crippen molar-refractivity contribution in [3.05, 3.63) is 29.3 Å². The maximum Gasteiger partial charge on any atom is 0.419 e. The van der Waals surface area contributed by atoms with E-state index in [-0.39, 0.29) is 11.9 Å². The van der Waals surface area contributed by atoms with Gasteiger partial charge in [-0.3, -0.25) is 0 Å². The van der Waals surface area contributed by atoms with E-state index in [4.69, 9.17) is 4.74 Å². The molecule has 2 nitrogen and oxygen atoms in total. The van der Waals surface area contributed by atoms with Crippen molar-refractivity contribution in [2.75, 3.05) is 0 Å². The molecule has 21 heavy (non-hydrogen) atoms. The van der Waals surface area contributed by atoms with Gasteiger partial charge in [0.15, 0.2) is 0 Å². The number of benzene rings is 1. The Balaban J connectivity index is 2.17. The zero-order valence-electron chi connectivity index (χ0n) is 12.5. The second kappa shape index (κ2) is 6.69. The number of ether oxygens (including phenoxy) is 1. The summed E-state index contributed by atoms with van der Waals surface area (Å²) in [5.41, 5.74) is -0.0318. The van der Waals surface area contributed by atoms with E-state index in [0.717, 1.165) is 12.8 Å². The van der Waals surface area contributed by atoms with Crippen LogP contribution in [0.1, 0.15) is 50.7 Å². The molecule has 0 aromatic heterocycles. The minimum atomic E-state index is -4.39. The molecular weight excluding hydrogens is 279 g/mol. The van der Waals surface area contributed by atoms with Gasteiger partial charge in [0.1, 0.15) is 5.75 Å². The van der Waals surface area contributed by atoms with Crippen molar-refractivity contribution < 1.29 is 17.9 Å². The Kier molecular flexibility index (Phi) is 5.14. The van der Waals surface area contributed by atoms with Crippen LogP contribution in [-0.4, -0.2) is 12.1 Å². The van der Waals surface area contributed by atoms with Gasteiger partial charge in [-0.2, -0.15) is 13.2 Å². The lowest BCUT2D eigenvalue weighted by atomic mass is 10.1. The Hall–Kier alpha value is -1.23. The van der Waals surface area contributed by atoms with Crippen LogP contribution < -0.4 is 10.1 Å². The average molecular weight is 301 g/mol. The summed E-state index contributed by atoms with van der Waals surface area (Å²) in [6.07, 6.45) is -0.958. The van der Waals surface area contributed by atoms with Gasteiger partial charge in [0.2, 0.25) is 0 Å². The van der Waals surface area contributed by atoms with Crippen molar-refractivity contribution in [2.24, 2.45) is 0 Å². The molecule has 1 aromatic rings. The molecule has 0 saturated heterocycles. The van der Waals surface area contributed by atoms with Crippen LogP contribution in [0.5, 0.6) is 5.75 Å². The van der Waals surface area contributed by atoms with E-state index in [1.54, 1.807) is 6.07 Å². The maximum atomic E-state index is 13.2. The van der Waals surface area contributed by atoms with E-state index in [1.807, 2.05) is 13.8 Å². The van der Waals surface area contributed by atoms with Crippen LogP contribution in [0.25, 0.3) is 0 Å². The van der Waals surface area contributed by atoms with Gasteiger partial charge < -0.3 is 10.1 Å². The van der Waals surface area contributed by atoms with Crippen molar-refractivity contribution in [1.82, 2.24) is 5.32 Å². The number of nitrogens with one attached hydrogen (secondary N) is 1. The van der Waals surface area contributed by atoms with Crippen molar-refractivity contribution in [1.29, 1.82) is 0 Å². The molecule has 0 bridgehead atoms. The molecule has 0 heterocycles. The van der Waals surface area contributed by atoms with Crippen LogP contribution in [0, 0.1) is 0 Å². The van der Waals surface area contributed by atoms with E-state index in [9.17, 15) is 13.2 Å². The summed E-state index contributed by atoms with van der Waals surface area (Å²) in [5, 5.41) is 3.23. The second-order valence-electron chi connectivity index (χ2n) is 5.54. The third kappa shape index (κ3) is 4.63. The summed E-state index contributed by atoms with van der Waals surface area (Å²) in [7, 11) is 0. The minimum Gasteiger partial charge on any atom is -0.490 e. The van der Waals surface area contributed by atoms with Gasteiger partial charge in [0.05, 0.1) is 11.7 Å². The van der Waals surface area contributed by atoms with Crippen LogP contribution in [0.15, 0.2) is 18.2 Å². The summed E-state index contributed by atoms with van der Waals surface area (Å²) < 4.78 is 45.1. The molecule has 0 spiro atoms. The van der Waals surface area contributed by atoms with E-state index in [2.05, 4.69) is 5.32 Å². The van der Waals surface area contributed by atoms with Gasteiger partial charge >= 0.3 is 6.18 Å². The Morgan fingerprint density at radius 3 is 2.43 bits per heavy atom. The lowest BCUT2D eigenvalue weighted by Crippen LogP contribution is -2.19. The van der Waals surface area contributed by atoms with Crippen molar-refractivity contribution >= 4 is 0 Å². The standard InChI is InChI=1S/C16H22F3NO/c1-3-13(4-2)21-15-8-5-11(10-20-12-6-7-12)9-14(15)16(17,18)19/h5,8-9,12-13,20H,3-4,6-7,10H2,1-2H3. The number of halogens is 3. The monoisotopic (exact) mass is 301 g/mol. The first-order chi connectivity index (χ1) is 9.94. The fourth-order valence-electron chi connectivity index (χ4n) is 2.20. The largest absolute Gasteiger partial charge is 0.490 e. The Bertz CT molecular complexity index is 465. The van der Waals surface area contributed by atoms with Gasteiger partial charge in [0, 0.05) is 12.6 Å². The lowest BCUT2D eigenvalue weighted by Gasteiger charge is -2.20. The summed E-state index contributed by atoms with van der Waals surface area (Å²) >= 11 is 0. The average Bonchev–Trinajstić information content (AvgIpc) is 3.26. The first-order valence-electron chi connectivity index (χ1n) is 7.54. The zero-order chi connectivity index (χ0) is 15.5. The van der Waals surface area contributed by atoms with Gasteiger partial charge in [0.25, 0.3) is 0 Å². The Morgan fingerprint density at radius 1 is 1.24 bits per heavy atom. The third-order valence-corrected chi connectivity index (χ3v) is 3.73. The summed E-state index contributed by atoms with van der Waals surface area (Å²) in [6.45, 7) is 4.30. The summed E-state index contributed by atoms with van der Waals surface area (Å²) in [6, 6.07) is 4.83. The molecule has 5 heteroatoms. The fraction of sp³-hybridized carbons (Fsp3) is 0.625. The zero-order valence-corrected chi connectivity index (χ0v) is 12.5.